The Morgan fingerprint density at radius 3 is 2.79 bits per heavy atom. The maximum atomic E-state index is 10.6. The lowest BCUT2D eigenvalue weighted by atomic mass is 10.5. The number of esters is 1. The molecule has 3 nitrogen and oxygen atoms in total. The Bertz CT molecular complexity index is 289. The Morgan fingerprint density at radius 2 is 2.21 bits per heavy atom. The van der Waals surface area contributed by atoms with Crippen molar-refractivity contribution in [2.24, 2.45) is 0 Å². The number of rotatable bonds is 4. The molecule has 0 aliphatic carbocycles. The molecule has 0 aromatic carbocycles. The van der Waals surface area contributed by atoms with Crippen LogP contribution < -0.4 is 0 Å². The standard InChI is InChI=1S/C10H13NO2S/c1-8(13-9(2)12)7-14-10-3-5-11-6-4-10/h3-6,8H,7H2,1-2H3/t8-/m1/s1. The second kappa shape index (κ2) is 5.65. The smallest absolute Gasteiger partial charge is 0.302 e. The van der Waals surface area contributed by atoms with Crippen LogP contribution in [0.2, 0.25) is 0 Å². The summed E-state index contributed by atoms with van der Waals surface area (Å²) in [6, 6.07) is 3.87. The Labute approximate surface area is 87.9 Å². The molecular weight excluding hydrogens is 198 g/mol. The molecule has 0 aliphatic heterocycles. The van der Waals surface area contributed by atoms with E-state index in [2.05, 4.69) is 4.98 Å². The molecule has 0 unspecified atom stereocenters. The number of aromatic nitrogens is 1. The normalized spacial score (nSPS) is 12.1. The molecule has 0 amide bonds. The van der Waals surface area contributed by atoms with Gasteiger partial charge in [-0.15, -0.1) is 11.8 Å². The Balaban J connectivity index is 2.30. The molecule has 76 valence electrons. The van der Waals surface area contributed by atoms with Crippen LogP contribution in [0.5, 0.6) is 0 Å². The summed E-state index contributed by atoms with van der Waals surface area (Å²) >= 11 is 1.65. The third-order valence-electron chi connectivity index (χ3n) is 1.50. The largest absolute Gasteiger partial charge is 0.462 e. The number of carbonyl (C=O) groups is 1. The Morgan fingerprint density at radius 1 is 1.57 bits per heavy atom. The third-order valence-corrected chi connectivity index (χ3v) is 2.74. The van der Waals surface area contributed by atoms with Gasteiger partial charge in [0, 0.05) is 30.0 Å². The number of pyridine rings is 1. The van der Waals surface area contributed by atoms with E-state index < -0.39 is 0 Å². The molecule has 0 spiro atoms. The average Bonchev–Trinajstić information content (AvgIpc) is 2.15. The van der Waals surface area contributed by atoms with E-state index in [1.54, 1.807) is 24.2 Å². The van der Waals surface area contributed by atoms with Crippen molar-refractivity contribution in [3.05, 3.63) is 24.5 Å². The molecule has 0 saturated heterocycles. The second-order valence-electron chi connectivity index (χ2n) is 2.91. The molecule has 0 bridgehead atoms. The summed E-state index contributed by atoms with van der Waals surface area (Å²) in [5.74, 6) is 0.539. The molecule has 0 aliphatic rings. The van der Waals surface area contributed by atoms with Crippen molar-refractivity contribution >= 4 is 17.7 Å². The highest BCUT2D eigenvalue weighted by molar-refractivity contribution is 7.99. The third kappa shape index (κ3) is 4.28. The van der Waals surface area contributed by atoms with Crippen LogP contribution in [-0.2, 0) is 9.53 Å². The molecule has 0 fully saturated rings. The molecule has 1 atom stereocenters. The lowest BCUT2D eigenvalue weighted by Gasteiger charge is -2.10. The summed E-state index contributed by atoms with van der Waals surface area (Å²) < 4.78 is 5.00. The fourth-order valence-corrected chi connectivity index (χ4v) is 1.77. The van der Waals surface area contributed by atoms with Crippen LogP contribution in [0.3, 0.4) is 0 Å². The van der Waals surface area contributed by atoms with Crippen LogP contribution in [0.15, 0.2) is 29.4 Å². The molecule has 1 rings (SSSR count). The van der Waals surface area contributed by atoms with Crippen LogP contribution in [0.25, 0.3) is 0 Å². The van der Waals surface area contributed by atoms with Gasteiger partial charge in [0.15, 0.2) is 0 Å². The summed E-state index contributed by atoms with van der Waals surface area (Å²) in [6.45, 7) is 3.31. The van der Waals surface area contributed by atoms with Crippen molar-refractivity contribution in [3.63, 3.8) is 0 Å². The monoisotopic (exact) mass is 211 g/mol. The molecule has 0 radical (unpaired) electrons. The lowest BCUT2D eigenvalue weighted by molar-refractivity contribution is -0.144. The van der Waals surface area contributed by atoms with E-state index in [0.29, 0.717) is 0 Å². The first kappa shape index (κ1) is 11.0. The summed E-state index contributed by atoms with van der Waals surface area (Å²) in [7, 11) is 0. The van der Waals surface area contributed by atoms with Crippen molar-refractivity contribution in [3.8, 4) is 0 Å². The van der Waals surface area contributed by atoms with Crippen LogP contribution >= 0.6 is 11.8 Å². The minimum Gasteiger partial charge on any atom is -0.462 e. The minimum absolute atomic E-state index is 0.0503. The van der Waals surface area contributed by atoms with Crippen LogP contribution in [0, 0.1) is 0 Å². The van der Waals surface area contributed by atoms with E-state index in [4.69, 9.17) is 4.74 Å². The zero-order chi connectivity index (χ0) is 10.4. The summed E-state index contributed by atoms with van der Waals surface area (Å²) in [6.07, 6.45) is 3.45. The first-order chi connectivity index (χ1) is 6.68. The topological polar surface area (TPSA) is 39.2 Å². The molecular formula is C10H13NO2S. The van der Waals surface area contributed by atoms with Gasteiger partial charge >= 0.3 is 5.97 Å². The van der Waals surface area contributed by atoms with Gasteiger partial charge in [0.1, 0.15) is 6.10 Å². The van der Waals surface area contributed by atoms with Crippen LogP contribution in [-0.4, -0.2) is 22.8 Å². The Hall–Kier alpha value is -1.03. The highest BCUT2D eigenvalue weighted by Gasteiger charge is 2.05. The van der Waals surface area contributed by atoms with Crippen molar-refractivity contribution in [2.45, 2.75) is 24.8 Å². The summed E-state index contributed by atoms with van der Waals surface area (Å²) in [4.78, 5) is 15.7. The van der Waals surface area contributed by atoms with E-state index in [-0.39, 0.29) is 12.1 Å². The predicted octanol–water partition coefficient (Wildman–Crippen LogP) is 2.13. The molecule has 0 saturated carbocycles. The molecule has 1 heterocycles. The maximum absolute atomic E-state index is 10.6. The summed E-state index contributed by atoms with van der Waals surface area (Å²) in [5.41, 5.74) is 0. The average molecular weight is 211 g/mol. The maximum Gasteiger partial charge on any atom is 0.302 e. The Kier molecular flexibility index (Phi) is 4.46. The quantitative estimate of drug-likeness (QED) is 0.565. The van der Waals surface area contributed by atoms with Gasteiger partial charge in [0.25, 0.3) is 0 Å². The van der Waals surface area contributed by atoms with Crippen molar-refractivity contribution in [1.82, 2.24) is 4.98 Å². The number of ether oxygens (including phenoxy) is 1. The van der Waals surface area contributed by atoms with Gasteiger partial charge in [0.05, 0.1) is 0 Å². The van der Waals surface area contributed by atoms with Gasteiger partial charge in [-0.3, -0.25) is 9.78 Å². The van der Waals surface area contributed by atoms with E-state index in [9.17, 15) is 4.79 Å². The molecule has 14 heavy (non-hydrogen) atoms. The highest BCUT2D eigenvalue weighted by Crippen LogP contribution is 2.17. The van der Waals surface area contributed by atoms with Gasteiger partial charge in [-0.05, 0) is 19.1 Å². The van der Waals surface area contributed by atoms with E-state index >= 15 is 0 Å². The first-order valence-corrected chi connectivity index (χ1v) is 5.37. The number of hydrogen-bond acceptors (Lipinski definition) is 4. The minimum atomic E-state index is -0.229. The van der Waals surface area contributed by atoms with Gasteiger partial charge in [-0.2, -0.15) is 0 Å². The zero-order valence-electron chi connectivity index (χ0n) is 8.27. The van der Waals surface area contributed by atoms with Crippen molar-refractivity contribution < 1.29 is 9.53 Å². The van der Waals surface area contributed by atoms with Gasteiger partial charge in [-0.1, -0.05) is 0 Å². The van der Waals surface area contributed by atoms with Crippen LogP contribution in [0.4, 0.5) is 0 Å². The van der Waals surface area contributed by atoms with E-state index in [0.717, 1.165) is 10.6 Å². The number of nitrogens with zero attached hydrogens (tertiary/aromatic N) is 1. The highest BCUT2D eigenvalue weighted by atomic mass is 32.2. The first-order valence-electron chi connectivity index (χ1n) is 4.38. The van der Waals surface area contributed by atoms with Crippen molar-refractivity contribution in [1.29, 1.82) is 0 Å². The van der Waals surface area contributed by atoms with Crippen molar-refractivity contribution in [2.75, 3.05) is 5.75 Å². The number of thioether (sulfide) groups is 1. The van der Waals surface area contributed by atoms with Gasteiger partial charge in [-0.25, -0.2) is 0 Å². The second-order valence-corrected chi connectivity index (χ2v) is 4.01. The number of hydrogen-bond donors (Lipinski definition) is 0. The van der Waals surface area contributed by atoms with Gasteiger partial charge < -0.3 is 4.74 Å². The molecule has 0 N–H and O–H groups in total. The molecule has 1 aromatic rings. The van der Waals surface area contributed by atoms with Gasteiger partial charge in [0.2, 0.25) is 0 Å². The molecule has 1 aromatic heterocycles. The fraction of sp³-hybridized carbons (Fsp3) is 0.400. The SMILES string of the molecule is CC(=O)O[C@H](C)CSc1ccncc1. The summed E-state index contributed by atoms with van der Waals surface area (Å²) in [5, 5.41) is 0. The zero-order valence-corrected chi connectivity index (χ0v) is 9.08. The lowest BCUT2D eigenvalue weighted by Crippen LogP contribution is -2.14. The number of carbonyl (C=O) groups excluding carboxylic acids is 1. The van der Waals surface area contributed by atoms with E-state index in [1.807, 2.05) is 19.1 Å². The predicted molar refractivity (Wildman–Crippen MR) is 56.2 cm³/mol. The van der Waals surface area contributed by atoms with E-state index in [1.165, 1.54) is 6.92 Å². The molecule has 4 heteroatoms. The fourth-order valence-electron chi connectivity index (χ4n) is 0.965. The van der Waals surface area contributed by atoms with Crippen LogP contribution in [0.1, 0.15) is 13.8 Å².